The van der Waals surface area contributed by atoms with E-state index in [-0.39, 0.29) is 11.8 Å². The third-order valence-corrected chi connectivity index (χ3v) is 2.80. The molecule has 1 atom stereocenters. The van der Waals surface area contributed by atoms with E-state index in [0.717, 1.165) is 11.5 Å². The van der Waals surface area contributed by atoms with E-state index in [1.54, 1.807) is 10.7 Å². The Balaban J connectivity index is 2.15. The smallest absolute Gasteiger partial charge is 0.157 e. The lowest BCUT2D eigenvalue weighted by Gasteiger charge is -2.21. The van der Waals surface area contributed by atoms with E-state index in [1.807, 2.05) is 37.2 Å². The summed E-state index contributed by atoms with van der Waals surface area (Å²) in [5.41, 5.74) is 6.34. The van der Waals surface area contributed by atoms with Crippen molar-refractivity contribution in [3.63, 3.8) is 0 Å². The number of rotatable bonds is 4. The zero-order chi connectivity index (χ0) is 13.1. The number of fused-ring (bicyclic) bond motifs is 1. The first-order valence-electron chi connectivity index (χ1n) is 5.60. The van der Waals surface area contributed by atoms with Crippen LogP contribution in [0.3, 0.4) is 0 Å². The second kappa shape index (κ2) is 4.91. The van der Waals surface area contributed by atoms with Crippen molar-refractivity contribution in [1.82, 2.24) is 14.6 Å². The van der Waals surface area contributed by atoms with Crippen LogP contribution in [0.5, 0.6) is 0 Å². The van der Waals surface area contributed by atoms with E-state index in [4.69, 9.17) is 10.9 Å². The molecule has 3 N–H and O–H groups in total. The van der Waals surface area contributed by atoms with Crippen molar-refractivity contribution in [2.24, 2.45) is 16.8 Å². The van der Waals surface area contributed by atoms with Crippen molar-refractivity contribution in [3.8, 4) is 0 Å². The molecule has 0 radical (unpaired) electrons. The fourth-order valence-corrected chi connectivity index (χ4v) is 1.71. The maximum absolute atomic E-state index is 8.62. The second-order valence-corrected chi connectivity index (χ2v) is 4.23. The zero-order valence-corrected chi connectivity index (χ0v) is 10.4. The summed E-state index contributed by atoms with van der Waals surface area (Å²) in [6.07, 6.45) is 3.55. The summed E-state index contributed by atoms with van der Waals surface area (Å²) >= 11 is 0. The van der Waals surface area contributed by atoms with E-state index in [0.29, 0.717) is 6.54 Å². The van der Waals surface area contributed by atoms with Crippen LogP contribution in [0.25, 0.3) is 5.65 Å². The van der Waals surface area contributed by atoms with Crippen LogP contribution in [0, 0.1) is 5.92 Å². The third-order valence-electron chi connectivity index (χ3n) is 2.80. The van der Waals surface area contributed by atoms with Crippen LogP contribution in [-0.2, 0) is 0 Å². The van der Waals surface area contributed by atoms with Crippen LogP contribution in [0.15, 0.2) is 29.7 Å². The summed E-state index contributed by atoms with van der Waals surface area (Å²) in [5, 5.41) is 15.7. The Labute approximate surface area is 105 Å². The van der Waals surface area contributed by atoms with Gasteiger partial charge in [-0.2, -0.15) is 5.10 Å². The Kier molecular flexibility index (Phi) is 3.31. The molecule has 0 bridgehead atoms. The molecule has 2 aromatic heterocycles. The van der Waals surface area contributed by atoms with E-state index < -0.39 is 0 Å². The van der Waals surface area contributed by atoms with Crippen LogP contribution in [-0.4, -0.2) is 39.2 Å². The lowest BCUT2D eigenvalue weighted by Crippen LogP contribution is -2.33. The van der Waals surface area contributed by atoms with Crippen molar-refractivity contribution in [3.05, 3.63) is 24.5 Å². The number of hydrogen-bond acceptors (Lipinski definition) is 5. The Morgan fingerprint density at radius 3 is 3.11 bits per heavy atom. The van der Waals surface area contributed by atoms with Gasteiger partial charge in [-0.25, -0.2) is 9.50 Å². The van der Waals surface area contributed by atoms with E-state index in [1.165, 1.54) is 0 Å². The maximum atomic E-state index is 8.62. The predicted octanol–water partition coefficient (Wildman–Crippen LogP) is 0.548. The predicted molar refractivity (Wildman–Crippen MR) is 68.8 cm³/mol. The van der Waals surface area contributed by atoms with Crippen molar-refractivity contribution < 1.29 is 5.21 Å². The molecule has 7 heteroatoms. The molecular weight excluding hydrogens is 232 g/mol. The Bertz CT molecular complexity index is 563. The number of oxime groups is 1. The zero-order valence-electron chi connectivity index (χ0n) is 10.4. The standard InChI is InChI=1S/C11H16N6O/c1-8(11(12)15-18)7-16(2)9-4-6-17-10(14-9)3-5-13-17/h3-6,8,18H,7H2,1-2H3,(H2,12,15). The molecule has 2 rings (SSSR count). The first-order valence-corrected chi connectivity index (χ1v) is 5.60. The van der Waals surface area contributed by atoms with Crippen molar-refractivity contribution >= 4 is 17.3 Å². The second-order valence-electron chi connectivity index (χ2n) is 4.23. The molecule has 0 aliphatic carbocycles. The van der Waals surface area contributed by atoms with Gasteiger partial charge in [-0.1, -0.05) is 12.1 Å². The first kappa shape index (κ1) is 12.2. The SMILES string of the molecule is CC(CN(C)c1ccn2nccc2n1)/C(N)=N/O. The van der Waals surface area contributed by atoms with Gasteiger partial charge in [0, 0.05) is 31.8 Å². The van der Waals surface area contributed by atoms with Crippen molar-refractivity contribution in [1.29, 1.82) is 0 Å². The minimum Gasteiger partial charge on any atom is -0.409 e. The summed E-state index contributed by atoms with van der Waals surface area (Å²) in [6, 6.07) is 3.71. The van der Waals surface area contributed by atoms with Gasteiger partial charge in [0.05, 0.1) is 6.20 Å². The molecule has 2 heterocycles. The number of aromatic nitrogens is 3. The molecule has 7 nitrogen and oxygen atoms in total. The van der Waals surface area contributed by atoms with Gasteiger partial charge in [-0.05, 0) is 6.07 Å². The Hall–Kier alpha value is -2.31. The monoisotopic (exact) mass is 248 g/mol. The lowest BCUT2D eigenvalue weighted by molar-refractivity contribution is 0.314. The molecule has 0 spiro atoms. The molecule has 1 unspecified atom stereocenters. The van der Waals surface area contributed by atoms with E-state index in [9.17, 15) is 0 Å². The highest BCUT2D eigenvalue weighted by atomic mass is 16.4. The van der Waals surface area contributed by atoms with Gasteiger partial charge < -0.3 is 15.8 Å². The molecule has 18 heavy (non-hydrogen) atoms. The molecule has 0 fully saturated rings. The van der Waals surface area contributed by atoms with Gasteiger partial charge in [0.25, 0.3) is 0 Å². The fraction of sp³-hybridized carbons (Fsp3) is 0.364. The van der Waals surface area contributed by atoms with E-state index in [2.05, 4.69) is 15.2 Å². The molecule has 96 valence electrons. The summed E-state index contributed by atoms with van der Waals surface area (Å²) in [4.78, 5) is 6.41. The van der Waals surface area contributed by atoms with Crippen molar-refractivity contribution in [2.45, 2.75) is 6.92 Å². The summed E-state index contributed by atoms with van der Waals surface area (Å²) in [5.74, 6) is 0.982. The van der Waals surface area contributed by atoms with Gasteiger partial charge in [0.1, 0.15) is 11.7 Å². The van der Waals surface area contributed by atoms with Crippen LogP contribution < -0.4 is 10.6 Å². The van der Waals surface area contributed by atoms with Gasteiger partial charge in [-0.15, -0.1) is 0 Å². The molecule has 0 saturated heterocycles. The highest BCUT2D eigenvalue weighted by Crippen LogP contribution is 2.12. The molecule has 0 aliphatic heterocycles. The van der Waals surface area contributed by atoms with Crippen LogP contribution in [0.4, 0.5) is 5.82 Å². The number of nitrogens with zero attached hydrogens (tertiary/aromatic N) is 5. The highest BCUT2D eigenvalue weighted by Gasteiger charge is 2.12. The van der Waals surface area contributed by atoms with Gasteiger partial charge in [0.15, 0.2) is 5.65 Å². The van der Waals surface area contributed by atoms with Crippen LogP contribution in [0.1, 0.15) is 6.92 Å². The summed E-state index contributed by atoms with van der Waals surface area (Å²) < 4.78 is 1.70. The molecule has 0 aliphatic rings. The number of hydrogen-bond donors (Lipinski definition) is 2. The number of nitrogens with two attached hydrogens (primary N) is 1. The minimum atomic E-state index is -0.0528. The van der Waals surface area contributed by atoms with Crippen molar-refractivity contribution in [2.75, 3.05) is 18.5 Å². The number of amidine groups is 1. The molecule has 0 saturated carbocycles. The van der Waals surface area contributed by atoms with Gasteiger partial charge in [0.2, 0.25) is 0 Å². The molecule has 0 amide bonds. The Morgan fingerprint density at radius 2 is 2.39 bits per heavy atom. The first-order chi connectivity index (χ1) is 8.61. The topological polar surface area (TPSA) is 92.0 Å². The van der Waals surface area contributed by atoms with Crippen LogP contribution >= 0.6 is 0 Å². The molecule has 0 aromatic carbocycles. The van der Waals surface area contributed by atoms with Gasteiger partial charge >= 0.3 is 0 Å². The summed E-state index contributed by atoms with van der Waals surface area (Å²) in [7, 11) is 1.91. The largest absolute Gasteiger partial charge is 0.409 e. The minimum absolute atomic E-state index is 0.0528. The Morgan fingerprint density at radius 1 is 1.61 bits per heavy atom. The fourth-order valence-electron chi connectivity index (χ4n) is 1.71. The maximum Gasteiger partial charge on any atom is 0.157 e. The van der Waals surface area contributed by atoms with E-state index >= 15 is 0 Å². The summed E-state index contributed by atoms with van der Waals surface area (Å²) in [6.45, 7) is 2.51. The molecule has 2 aromatic rings. The lowest BCUT2D eigenvalue weighted by atomic mass is 10.1. The third kappa shape index (κ3) is 2.34. The normalized spacial score (nSPS) is 13.8. The average molecular weight is 248 g/mol. The average Bonchev–Trinajstić information content (AvgIpc) is 2.84. The van der Waals surface area contributed by atoms with Crippen LogP contribution in [0.2, 0.25) is 0 Å². The quantitative estimate of drug-likeness (QED) is 0.357. The molecular formula is C11H16N6O. The highest BCUT2D eigenvalue weighted by molar-refractivity contribution is 5.82. The number of anilines is 1. The van der Waals surface area contributed by atoms with Gasteiger partial charge in [-0.3, -0.25) is 0 Å².